The van der Waals surface area contributed by atoms with E-state index in [0.29, 0.717) is 0 Å². The molecular weight excluding hydrogens is 110 g/mol. The van der Waals surface area contributed by atoms with Crippen LogP contribution in [-0.2, 0) is 0 Å². The van der Waals surface area contributed by atoms with Gasteiger partial charge in [0.25, 0.3) is 0 Å². The zero-order chi connectivity index (χ0) is 7.86. The van der Waals surface area contributed by atoms with Crippen molar-refractivity contribution in [3.05, 3.63) is 24.6 Å². The predicted molar refractivity (Wildman–Crippen MR) is 46.2 cm³/mol. The molecule has 0 aliphatic heterocycles. The van der Waals surface area contributed by atoms with Crippen molar-refractivity contribution in [2.45, 2.75) is 27.7 Å². The molecule has 1 N–H and O–H groups in total. The zero-order valence-corrected chi connectivity index (χ0v) is 6.91. The molecule has 0 saturated carbocycles. The molecule has 0 aromatic heterocycles. The Morgan fingerprint density at radius 2 is 1.33 bits per heavy atom. The molecule has 0 rings (SSSR count). The largest absolute Gasteiger partial charge is 0.364 e. The minimum Gasteiger partial charge on any atom is -0.364 e. The first-order valence-corrected chi connectivity index (χ1v) is 3.21. The molecule has 0 aromatic carbocycles. The molecule has 1 heteroatoms. The summed E-state index contributed by atoms with van der Waals surface area (Å²) >= 11 is 0. The first-order chi connectivity index (χ1) is 4.13. The smallest absolute Gasteiger partial charge is 0.00441 e. The maximum absolute atomic E-state index is 3.62. The summed E-state index contributed by atoms with van der Waals surface area (Å²) in [6, 6.07) is 0. The van der Waals surface area contributed by atoms with E-state index < -0.39 is 0 Å². The van der Waals surface area contributed by atoms with Crippen LogP contribution >= 0.6 is 0 Å². The van der Waals surface area contributed by atoms with Crippen molar-refractivity contribution in [3.8, 4) is 0 Å². The monoisotopic (exact) mass is 129 g/mol. The van der Waals surface area contributed by atoms with Crippen LogP contribution in [-0.4, -0.2) is 0 Å². The highest BCUT2D eigenvalue weighted by molar-refractivity contribution is 4.98. The molecule has 0 heterocycles. The fourth-order valence-electron chi connectivity index (χ4n) is 0.364. The van der Waals surface area contributed by atoms with Gasteiger partial charge in [-0.25, -0.2) is 0 Å². The van der Waals surface area contributed by atoms with Crippen molar-refractivity contribution in [2.24, 2.45) is 0 Å². The van der Waals surface area contributed by atoms with E-state index in [-0.39, 0.29) is 1.43 Å². The lowest BCUT2D eigenvalue weighted by Gasteiger charge is -1.99. The average Bonchev–Trinajstić information content (AvgIpc) is 1.68. The highest BCUT2D eigenvalue weighted by atomic mass is 14.9. The third kappa shape index (κ3) is 18.9. The van der Waals surface area contributed by atoms with Crippen LogP contribution in [0.4, 0.5) is 0 Å². The summed E-state index contributed by atoms with van der Waals surface area (Å²) < 4.78 is 0. The Morgan fingerprint density at radius 1 is 1.11 bits per heavy atom. The van der Waals surface area contributed by atoms with Gasteiger partial charge in [-0.15, -0.1) is 0 Å². The lowest BCUT2D eigenvalue weighted by Crippen LogP contribution is -2.04. The minimum atomic E-state index is 0. The van der Waals surface area contributed by atoms with Crippen LogP contribution in [0, 0.1) is 0 Å². The molecule has 0 radical (unpaired) electrons. The van der Waals surface area contributed by atoms with Crippen molar-refractivity contribution in [1.82, 2.24) is 5.32 Å². The lowest BCUT2D eigenvalue weighted by molar-refractivity contribution is 0.982. The summed E-state index contributed by atoms with van der Waals surface area (Å²) in [6.07, 6.45) is 0. The van der Waals surface area contributed by atoms with Crippen LogP contribution in [0.5, 0.6) is 0 Å². The Labute approximate surface area is 60.0 Å². The van der Waals surface area contributed by atoms with Crippen molar-refractivity contribution in [1.29, 1.82) is 0 Å². The molecule has 0 aliphatic carbocycles. The van der Waals surface area contributed by atoms with Gasteiger partial charge in [0.1, 0.15) is 0 Å². The first kappa shape index (κ1) is 11.1. The standard InChI is InChI=1S/C6H11N.C2H6.H2/c1-5(2)7-6(3)4;1-2;/h7H,1,3H2,2,4H3;1-2H3;1H. The number of rotatable bonds is 2. The van der Waals surface area contributed by atoms with Crippen LogP contribution < -0.4 is 5.32 Å². The van der Waals surface area contributed by atoms with Crippen molar-refractivity contribution in [3.63, 3.8) is 0 Å². The average molecular weight is 129 g/mol. The van der Waals surface area contributed by atoms with E-state index in [1.54, 1.807) is 0 Å². The molecule has 1 nitrogen and oxygen atoms in total. The van der Waals surface area contributed by atoms with Gasteiger partial charge >= 0.3 is 0 Å². The van der Waals surface area contributed by atoms with Crippen LogP contribution in [0.2, 0.25) is 0 Å². The second-order valence-electron chi connectivity index (χ2n) is 1.69. The quantitative estimate of drug-likeness (QED) is 0.604. The molecule has 0 aromatic rings. The molecule has 0 saturated heterocycles. The van der Waals surface area contributed by atoms with E-state index in [4.69, 9.17) is 0 Å². The second-order valence-corrected chi connectivity index (χ2v) is 1.69. The normalized spacial score (nSPS) is 6.67. The van der Waals surface area contributed by atoms with Crippen LogP contribution in [0.15, 0.2) is 24.6 Å². The van der Waals surface area contributed by atoms with Gasteiger partial charge in [-0.2, -0.15) is 0 Å². The molecule has 0 amide bonds. The van der Waals surface area contributed by atoms with Gasteiger partial charge in [-0.1, -0.05) is 27.0 Å². The number of hydrogen-bond acceptors (Lipinski definition) is 1. The van der Waals surface area contributed by atoms with Gasteiger partial charge < -0.3 is 5.32 Å². The van der Waals surface area contributed by atoms with Gasteiger partial charge in [0.2, 0.25) is 0 Å². The Balaban J connectivity index is -0.000000149. The van der Waals surface area contributed by atoms with E-state index in [1.807, 2.05) is 27.7 Å². The van der Waals surface area contributed by atoms with Gasteiger partial charge in [0.05, 0.1) is 0 Å². The Kier molecular flexibility index (Phi) is 9.00. The summed E-state index contributed by atoms with van der Waals surface area (Å²) in [5, 5.41) is 2.92. The van der Waals surface area contributed by atoms with E-state index in [1.165, 1.54) is 0 Å². The van der Waals surface area contributed by atoms with Crippen LogP contribution in [0.25, 0.3) is 0 Å². The van der Waals surface area contributed by atoms with Gasteiger partial charge in [-0.3, -0.25) is 0 Å². The Bertz CT molecular complexity index is 85.4. The Morgan fingerprint density at radius 3 is 1.33 bits per heavy atom. The molecule has 56 valence electrons. The van der Waals surface area contributed by atoms with Crippen molar-refractivity contribution < 1.29 is 1.43 Å². The highest BCUT2D eigenvalue weighted by Gasteiger charge is 1.77. The Hall–Kier alpha value is -0.720. The molecule has 0 unspecified atom stereocenters. The molecule has 0 fully saturated rings. The summed E-state index contributed by atoms with van der Waals surface area (Å²) in [4.78, 5) is 0. The van der Waals surface area contributed by atoms with E-state index >= 15 is 0 Å². The molecular formula is C8H19N. The summed E-state index contributed by atoms with van der Waals surface area (Å²) in [5.74, 6) is 0. The molecule has 0 atom stereocenters. The van der Waals surface area contributed by atoms with Gasteiger partial charge in [-0.05, 0) is 13.8 Å². The van der Waals surface area contributed by atoms with Crippen LogP contribution in [0.3, 0.4) is 0 Å². The van der Waals surface area contributed by atoms with Crippen molar-refractivity contribution in [2.75, 3.05) is 0 Å². The molecule has 0 spiro atoms. The topological polar surface area (TPSA) is 12.0 Å². The maximum Gasteiger partial charge on any atom is 0.00441 e. The molecule has 0 aliphatic rings. The predicted octanol–water partition coefficient (Wildman–Crippen LogP) is 2.92. The summed E-state index contributed by atoms with van der Waals surface area (Å²) in [5.41, 5.74) is 1.88. The minimum absolute atomic E-state index is 0. The zero-order valence-electron chi connectivity index (χ0n) is 6.91. The van der Waals surface area contributed by atoms with Crippen molar-refractivity contribution >= 4 is 0 Å². The SMILES string of the molecule is C=C(C)NC(=C)C.CC.[HH]. The summed E-state index contributed by atoms with van der Waals surface area (Å²) in [6.45, 7) is 15.0. The third-order valence-electron chi connectivity index (χ3n) is 0.427. The van der Waals surface area contributed by atoms with E-state index in [9.17, 15) is 0 Å². The highest BCUT2D eigenvalue weighted by Crippen LogP contribution is 1.84. The summed E-state index contributed by atoms with van der Waals surface area (Å²) in [7, 11) is 0. The van der Waals surface area contributed by atoms with E-state index in [2.05, 4.69) is 18.5 Å². The molecule has 0 bridgehead atoms. The molecule has 9 heavy (non-hydrogen) atoms. The lowest BCUT2D eigenvalue weighted by atomic mass is 10.5. The van der Waals surface area contributed by atoms with Gasteiger partial charge in [0.15, 0.2) is 0 Å². The fourth-order valence-corrected chi connectivity index (χ4v) is 0.364. The number of allylic oxidation sites excluding steroid dienone is 2. The third-order valence-corrected chi connectivity index (χ3v) is 0.427. The van der Waals surface area contributed by atoms with E-state index in [0.717, 1.165) is 11.4 Å². The second kappa shape index (κ2) is 7.28. The number of nitrogens with one attached hydrogen (secondary N) is 1. The maximum atomic E-state index is 3.62. The first-order valence-electron chi connectivity index (χ1n) is 3.21. The fraction of sp³-hybridized carbons (Fsp3) is 0.500. The number of hydrogen-bond donors (Lipinski definition) is 1. The van der Waals surface area contributed by atoms with Crippen LogP contribution in [0.1, 0.15) is 29.1 Å². The van der Waals surface area contributed by atoms with Gasteiger partial charge in [0, 0.05) is 12.8 Å².